The van der Waals surface area contributed by atoms with Crippen molar-refractivity contribution >= 4 is 39.2 Å². The Balaban J connectivity index is 1.16. The molecule has 11 heteroatoms. The Bertz CT molecular complexity index is 1640. The number of amides is 3. The summed E-state index contributed by atoms with van der Waals surface area (Å²) in [4.78, 5) is 50.8. The topological polar surface area (TPSA) is 118 Å². The number of ether oxygens (including phenoxy) is 1. The molecule has 0 radical (unpaired) electrons. The molecule has 1 fully saturated rings. The van der Waals surface area contributed by atoms with E-state index in [1.165, 1.54) is 17.9 Å². The summed E-state index contributed by atoms with van der Waals surface area (Å²) in [6, 6.07) is 17.7. The predicted molar refractivity (Wildman–Crippen MR) is 154 cm³/mol. The number of halogens is 1. The van der Waals surface area contributed by atoms with Gasteiger partial charge in [-0.1, -0.05) is 36.4 Å². The quantitative estimate of drug-likeness (QED) is 0.302. The van der Waals surface area contributed by atoms with Gasteiger partial charge in [0.1, 0.15) is 17.7 Å². The third-order valence-corrected chi connectivity index (χ3v) is 9.06. The number of hydrogen-bond acceptors (Lipinski definition) is 7. The minimum Gasteiger partial charge on any atom is -0.444 e. The van der Waals surface area contributed by atoms with Crippen LogP contribution in [0.4, 0.5) is 14.9 Å². The molecule has 0 spiro atoms. The van der Waals surface area contributed by atoms with E-state index in [-0.39, 0.29) is 47.9 Å². The van der Waals surface area contributed by atoms with Crippen LogP contribution in [0.15, 0.2) is 66.7 Å². The van der Waals surface area contributed by atoms with Crippen LogP contribution in [-0.2, 0) is 25.8 Å². The molecule has 5 rings (SSSR count). The molecule has 1 saturated heterocycles. The number of aryl methyl sites for hydroxylation is 1. The highest BCUT2D eigenvalue weighted by Crippen LogP contribution is 2.30. The number of nitrogens with zero attached hydrogens (tertiary/aromatic N) is 2. The van der Waals surface area contributed by atoms with E-state index in [9.17, 15) is 27.6 Å². The minimum absolute atomic E-state index is 0.00656. The van der Waals surface area contributed by atoms with Gasteiger partial charge >= 0.3 is 6.09 Å². The zero-order valence-corrected chi connectivity index (χ0v) is 23.7. The van der Waals surface area contributed by atoms with Crippen LogP contribution in [0.1, 0.15) is 46.0 Å². The van der Waals surface area contributed by atoms with Gasteiger partial charge in [-0.15, -0.1) is 0 Å². The first-order valence-electron chi connectivity index (χ1n) is 13.5. The van der Waals surface area contributed by atoms with Gasteiger partial charge in [0.05, 0.1) is 34.9 Å². The van der Waals surface area contributed by atoms with Crippen molar-refractivity contribution in [3.8, 4) is 11.1 Å². The number of cyclic esters (lactones) is 1. The SMILES string of the molecule is CC(=O)CC[C@H]1CN(c2ccc(-c3ccc(CCS(=O)(=O)CCN4C(=O)c5ccccc5C4=O)cc3)c(F)c2)C(=O)O1. The lowest BCUT2D eigenvalue weighted by Crippen LogP contribution is -2.35. The summed E-state index contributed by atoms with van der Waals surface area (Å²) in [6.45, 7) is 1.50. The molecule has 3 aromatic carbocycles. The standard InChI is InChI=1S/C31H29FN2O7S/c1-20(35)6-12-24-19-34(31(38)41-24)23-11-13-25(28(32)18-23)22-9-7-21(8-10-22)14-16-42(39,40)17-15-33-29(36)26-4-2-3-5-27(26)30(33)37/h2-5,7-11,13,18,24H,6,12,14-17,19H2,1H3/t24-/m0/s1. The second kappa shape index (κ2) is 11.8. The van der Waals surface area contributed by atoms with E-state index in [4.69, 9.17) is 4.74 Å². The van der Waals surface area contributed by atoms with Gasteiger partial charge in [0, 0.05) is 18.5 Å². The summed E-state index contributed by atoms with van der Waals surface area (Å²) < 4.78 is 45.7. The summed E-state index contributed by atoms with van der Waals surface area (Å²) in [5.41, 5.74) is 2.55. The van der Waals surface area contributed by atoms with E-state index in [0.29, 0.717) is 29.7 Å². The molecule has 2 heterocycles. The van der Waals surface area contributed by atoms with Gasteiger partial charge in [0.2, 0.25) is 0 Å². The summed E-state index contributed by atoms with van der Waals surface area (Å²) in [6.07, 6.45) is -0.0786. The molecule has 218 valence electrons. The molecule has 3 amide bonds. The number of benzene rings is 3. The summed E-state index contributed by atoms with van der Waals surface area (Å²) in [7, 11) is -3.57. The van der Waals surface area contributed by atoms with E-state index in [2.05, 4.69) is 0 Å². The lowest BCUT2D eigenvalue weighted by molar-refractivity contribution is -0.117. The molecule has 9 nitrogen and oxygen atoms in total. The van der Waals surface area contributed by atoms with Crippen molar-refractivity contribution in [1.29, 1.82) is 0 Å². The maximum absolute atomic E-state index is 15.1. The number of sulfone groups is 1. The number of anilines is 1. The molecule has 2 aliphatic heterocycles. The molecule has 42 heavy (non-hydrogen) atoms. The van der Waals surface area contributed by atoms with E-state index in [1.54, 1.807) is 60.7 Å². The molecule has 0 N–H and O–H groups in total. The first kappa shape index (κ1) is 29.1. The number of carbonyl (C=O) groups is 4. The first-order chi connectivity index (χ1) is 20.0. The van der Waals surface area contributed by atoms with Crippen LogP contribution < -0.4 is 4.90 Å². The second-order valence-electron chi connectivity index (χ2n) is 10.4. The van der Waals surface area contributed by atoms with Gasteiger partial charge in [0.15, 0.2) is 9.84 Å². The highest BCUT2D eigenvalue weighted by atomic mass is 32.2. The predicted octanol–water partition coefficient (Wildman–Crippen LogP) is 4.44. The zero-order chi connectivity index (χ0) is 30.0. The Morgan fingerprint density at radius 3 is 2.21 bits per heavy atom. The van der Waals surface area contributed by atoms with E-state index in [0.717, 1.165) is 10.5 Å². The summed E-state index contributed by atoms with van der Waals surface area (Å²) in [5, 5.41) is 0. The third kappa shape index (κ3) is 6.25. The normalized spacial score (nSPS) is 16.6. The Morgan fingerprint density at radius 2 is 1.60 bits per heavy atom. The van der Waals surface area contributed by atoms with Gasteiger partial charge in [-0.25, -0.2) is 17.6 Å². The fourth-order valence-electron chi connectivity index (χ4n) is 5.05. The number of Topliss-reactive ketones (excluding diaryl/α,β-unsaturated/α-hetero) is 1. The van der Waals surface area contributed by atoms with Crippen molar-refractivity contribution < 1.29 is 36.7 Å². The van der Waals surface area contributed by atoms with Crippen molar-refractivity contribution in [1.82, 2.24) is 4.90 Å². The Morgan fingerprint density at radius 1 is 0.929 bits per heavy atom. The highest BCUT2D eigenvalue weighted by molar-refractivity contribution is 7.91. The molecule has 2 aliphatic rings. The lowest BCUT2D eigenvalue weighted by Gasteiger charge is -2.15. The smallest absolute Gasteiger partial charge is 0.414 e. The van der Waals surface area contributed by atoms with Crippen LogP contribution in [0, 0.1) is 5.82 Å². The molecule has 0 bridgehead atoms. The summed E-state index contributed by atoms with van der Waals surface area (Å²) in [5.74, 6) is -2.01. The van der Waals surface area contributed by atoms with Gasteiger partial charge in [-0.3, -0.25) is 19.4 Å². The van der Waals surface area contributed by atoms with Crippen LogP contribution in [0.5, 0.6) is 0 Å². The zero-order valence-electron chi connectivity index (χ0n) is 22.9. The summed E-state index contributed by atoms with van der Waals surface area (Å²) >= 11 is 0. The Hall–Kier alpha value is -4.38. The number of ketones is 1. The monoisotopic (exact) mass is 592 g/mol. The number of fused-ring (bicyclic) bond motifs is 1. The molecule has 0 aliphatic carbocycles. The van der Waals surface area contributed by atoms with Crippen LogP contribution in [0.3, 0.4) is 0 Å². The lowest BCUT2D eigenvalue weighted by atomic mass is 10.0. The number of imide groups is 1. The van der Waals surface area contributed by atoms with Crippen LogP contribution in [0.25, 0.3) is 11.1 Å². The molecular weight excluding hydrogens is 563 g/mol. The molecule has 3 aromatic rings. The number of rotatable bonds is 11. The molecular formula is C31H29FN2O7S. The second-order valence-corrected chi connectivity index (χ2v) is 12.7. The van der Waals surface area contributed by atoms with Crippen LogP contribution in [0.2, 0.25) is 0 Å². The van der Waals surface area contributed by atoms with Crippen molar-refractivity contribution in [2.24, 2.45) is 0 Å². The number of hydrogen-bond donors (Lipinski definition) is 0. The fourth-order valence-corrected chi connectivity index (χ4v) is 6.26. The average Bonchev–Trinajstić information content (AvgIpc) is 3.46. The maximum Gasteiger partial charge on any atom is 0.414 e. The van der Waals surface area contributed by atoms with E-state index < -0.39 is 39.7 Å². The van der Waals surface area contributed by atoms with Gasteiger partial charge in [-0.2, -0.15) is 0 Å². The average molecular weight is 593 g/mol. The number of carbonyl (C=O) groups excluding carboxylic acids is 4. The van der Waals surface area contributed by atoms with E-state index in [1.807, 2.05) is 0 Å². The molecule has 1 atom stereocenters. The molecule has 0 unspecified atom stereocenters. The molecule has 0 saturated carbocycles. The van der Waals surface area contributed by atoms with E-state index >= 15 is 4.39 Å². The third-order valence-electron chi connectivity index (χ3n) is 7.43. The van der Waals surface area contributed by atoms with Crippen molar-refractivity contribution in [3.05, 3.63) is 89.2 Å². The Kier molecular flexibility index (Phi) is 8.22. The van der Waals surface area contributed by atoms with Gasteiger partial charge in [-0.05, 0) is 61.2 Å². The van der Waals surface area contributed by atoms with Crippen molar-refractivity contribution in [2.45, 2.75) is 32.3 Å². The van der Waals surface area contributed by atoms with Crippen molar-refractivity contribution in [2.75, 3.05) is 29.5 Å². The van der Waals surface area contributed by atoms with Crippen molar-refractivity contribution in [3.63, 3.8) is 0 Å². The largest absolute Gasteiger partial charge is 0.444 e. The first-order valence-corrected chi connectivity index (χ1v) is 15.4. The minimum atomic E-state index is -3.57. The van der Waals surface area contributed by atoms with Crippen LogP contribution >= 0.6 is 0 Å². The molecule has 0 aromatic heterocycles. The fraction of sp³-hybridized carbons (Fsp3) is 0.290. The Labute approximate surface area is 242 Å². The van der Waals surface area contributed by atoms with Gasteiger partial charge < -0.3 is 9.53 Å². The van der Waals surface area contributed by atoms with Gasteiger partial charge in [0.25, 0.3) is 11.8 Å². The highest BCUT2D eigenvalue weighted by Gasteiger charge is 2.35. The van der Waals surface area contributed by atoms with Crippen LogP contribution in [-0.4, -0.2) is 67.7 Å². The maximum atomic E-state index is 15.1.